The molecule has 106 valence electrons. The van der Waals surface area contributed by atoms with Crippen LogP contribution in [-0.2, 0) is 19.4 Å². The van der Waals surface area contributed by atoms with E-state index in [1.807, 2.05) is 24.3 Å². The molecular weight excluding hydrogens is 270 g/mol. The first-order valence-electron chi connectivity index (χ1n) is 7.28. The summed E-state index contributed by atoms with van der Waals surface area (Å²) in [5.74, 6) is 1.14. The van der Waals surface area contributed by atoms with Crippen LogP contribution in [-0.4, -0.2) is 16.1 Å². The fraction of sp³-hybridized carbons (Fsp3) is 0.438. The van der Waals surface area contributed by atoms with Crippen molar-refractivity contribution in [3.05, 3.63) is 46.5 Å². The molecule has 3 rings (SSSR count). The first-order chi connectivity index (χ1) is 9.74. The highest BCUT2D eigenvalue weighted by Gasteiger charge is 2.17. The molecule has 20 heavy (non-hydrogen) atoms. The van der Waals surface area contributed by atoms with Crippen molar-refractivity contribution < 1.29 is 0 Å². The molecule has 0 saturated heterocycles. The molecule has 0 fully saturated rings. The van der Waals surface area contributed by atoms with Gasteiger partial charge in [-0.1, -0.05) is 17.7 Å². The maximum atomic E-state index is 5.99. The lowest BCUT2D eigenvalue weighted by Crippen LogP contribution is -2.15. The molecule has 1 aliphatic carbocycles. The van der Waals surface area contributed by atoms with Crippen LogP contribution in [0.3, 0.4) is 0 Å². The van der Waals surface area contributed by atoms with Crippen molar-refractivity contribution in [3.8, 4) is 0 Å². The van der Waals surface area contributed by atoms with Crippen molar-refractivity contribution in [2.75, 3.05) is 11.9 Å². The normalized spacial score (nSPS) is 14.1. The molecular formula is C16H20ClN3. The maximum absolute atomic E-state index is 5.99. The Balaban J connectivity index is 1.65. The summed E-state index contributed by atoms with van der Waals surface area (Å²) in [6, 6.07) is 7.86. The molecule has 0 bridgehead atoms. The van der Waals surface area contributed by atoms with E-state index in [1.54, 1.807) is 0 Å². The molecule has 0 atom stereocenters. The van der Waals surface area contributed by atoms with E-state index in [0.717, 1.165) is 36.0 Å². The second-order valence-electron chi connectivity index (χ2n) is 5.35. The Hall–Kier alpha value is -1.48. The van der Waals surface area contributed by atoms with Gasteiger partial charge in [-0.25, -0.2) is 4.98 Å². The van der Waals surface area contributed by atoms with Crippen LogP contribution < -0.4 is 5.32 Å². The van der Waals surface area contributed by atoms with E-state index in [0.29, 0.717) is 0 Å². The third-order valence-electron chi connectivity index (χ3n) is 3.91. The van der Waals surface area contributed by atoms with Crippen LogP contribution in [0.2, 0.25) is 5.02 Å². The van der Waals surface area contributed by atoms with Crippen molar-refractivity contribution in [1.29, 1.82) is 0 Å². The molecule has 3 nitrogen and oxygen atoms in total. The van der Waals surface area contributed by atoms with Crippen LogP contribution in [0, 0.1) is 6.92 Å². The minimum Gasteiger partial charge on any atom is -0.383 e. The average molecular weight is 290 g/mol. The van der Waals surface area contributed by atoms with Gasteiger partial charge in [0.2, 0.25) is 0 Å². The topological polar surface area (TPSA) is 29.9 Å². The number of imidazole rings is 1. The zero-order chi connectivity index (χ0) is 13.9. The molecule has 4 heteroatoms. The number of rotatable bonds is 4. The standard InChI is InChI=1S/C16H20ClN3/c1-12-19-15-7-2-3-8-16(15)20(12)10-9-18-14-6-4-5-13(17)11-14/h4-6,11,18H,2-3,7-10H2,1H3. The number of benzene rings is 1. The summed E-state index contributed by atoms with van der Waals surface area (Å²) in [5.41, 5.74) is 3.84. The predicted molar refractivity (Wildman–Crippen MR) is 83.5 cm³/mol. The largest absolute Gasteiger partial charge is 0.383 e. The Morgan fingerprint density at radius 1 is 1.30 bits per heavy atom. The van der Waals surface area contributed by atoms with Crippen LogP contribution >= 0.6 is 11.6 Å². The van der Waals surface area contributed by atoms with Crippen molar-refractivity contribution in [2.24, 2.45) is 0 Å². The first-order valence-corrected chi connectivity index (χ1v) is 7.66. The number of fused-ring (bicyclic) bond motifs is 1. The van der Waals surface area contributed by atoms with Crippen LogP contribution in [0.15, 0.2) is 24.3 Å². The zero-order valence-electron chi connectivity index (χ0n) is 11.8. The van der Waals surface area contributed by atoms with Gasteiger partial charge in [-0.05, 0) is 50.8 Å². The van der Waals surface area contributed by atoms with Crippen molar-refractivity contribution in [2.45, 2.75) is 39.2 Å². The molecule has 0 spiro atoms. The Labute approximate surface area is 125 Å². The van der Waals surface area contributed by atoms with Gasteiger partial charge in [-0.15, -0.1) is 0 Å². The summed E-state index contributed by atoms with van der Waals surface area (Å²) in [5, 5.41) is 4.19. The van der Waals surface area contributed by atoms with E-state index < -0.39 is 0 Å². The number of nitrogens with zero attached hydrogens (tertiary/aromatic N) is 2. The van der Waals surface area contributed by atoms with Gasteiger partial charge in [0.25, 0.3) is 0 Å². The molecule has 0 radical (unpaired) electrons. The molecule has 1 aromatic carbocycles. The molecule has 1 N–H and O–H groups in total. The third-order valence-corrected chi connectivity index (χ3v) is 4.15. The van der Waals surface area contributed by atoms with Crippen molar-refractivity contribution in [1.82, 2.24) is 9.55 Å². The minimum absolute atomic E-state index is 0.770. The molecule has 1 heterocycles. The Bertz CT molecular complexity index is 604. The zero-order valence-corrected chi connectivity index (χ0v) is 12.6. The third kappa shape index (κ3) is 2.83. The number of aromatic nitrogens is 2. The predicted octanol–water partition coefficient (Wildman–Crippen LogP) is 3.84. The minimum atomic E-state index is 0.770. The molecule has 0 saturated carbocycles. The number of halogens is 1. The van der Waals surface area contributed by atoms with Gasteiger partial charge in [0.15, 0.2) is 0 Å². The fourth-order valence-corrected chi connectivity index (χ4v) is 3.13. The number of nitrogens with one attached hydrogen (secondary N) is 1. The average Bonchev–Trinajstić information content (AvgIpc) is 2.75. The molecule has 0 amide bonds. The second-order valence-corrected chi connectivity index (χ2v) is 5.78. The highest BCUT2D eigenvalue weighted by Crippen LogP contribution is 2.22. The lowest BCUT2D eigenvalue weighted by atomic mass is 10.0. The van der Waals surface area contributed by atoms with Gasteiger partial charge in [0.05, 0.1) is 5.69 Å². The molecule has 0 unspecified atom stereocenters. The van der Waals surface area contributed by atoms with Gasteiger partial charge in [0.1, 0.15) is 5.82 Å². The van der Waals surface area contributed by atoms with Crippen molar-refractivity contribution >= 4 is 17.3 Å². The molecule has 1 aromatic heterocycles. The van der Waals surface area contributed by atoms with Crippen LogP contribution in [0.4, 0.5) is 5.69 Å². The summed E-state index contributed by atoms with van der Waals surface area (Å²) < 4.78 is 2.37. The number of hydrogen-bond donors (Lipinski definition) is 1. The highest BCUT2D eigenvalue weighted by atomic mass is 35.5. The number of hydrogen-bond acceptors (Lipinski definition) is 2. The van der Waals surface area contributed by atoms with E-state index >= 15 is 0 Å². The van der Waals surface area contributed by atoms with Crippen LogP contribution in [0.25, 0.3) is 0 Å². The Morgan fingerprint density at radius 3 is 3.00 bits per heavy atom. The summed E-state index contributed by atoms with van der Waals surface area (Å²) in [6.45, 7) is 3.96. The van der Waals surface area contributed by atoms with Crippen LogP contribution in [0.1, 0.15) is 30.1 Å². The van der Waals surface area contributed by atoms with E-state index in [1.165, 1.54) is 30.7 Å². The van der Waals surface area contributed by atoms with Crippen molar-refractivity contribution in [3.63, 3.8) is 0 Å². The monoisotopic (exact) mass is 289 g/mol. The number of anilines is 1. The van der Waals surface area contributed by atoms with E-state index in [2.05, 4.69) is 16.8 Å². The van der Waals surface area contributed by atoms with E-state index in [4.69, 9.17) is 16.6 Å². The molecule has 0 aliphatic heterocycles. The van der Waals surface area contributed by atoms with Crippen LogP contribution in [0.5, 0.6) is 0 Å². The van der Waals surface area contributed by atoms with Gasteiger partial charge in [-0.3, -0.25) is 0 Å². The van der Waals surface area contributed by atoms with E-state index in [-0.39, 0.29) is 0 Å². The number of aryl methyl sites for hydroxylation is 2. The summed E-state index contributed by atoms with van der Waals surface area (Å²) in [6.07, 6.45) is 4.89. The van der Waals surface area contributed by atoms with Gasteiger partial charge in [0, 0.05) is 29.5 Å². The smallest absolute Gasteiger partial charge is 0.106 e. The summed E-state index contributed by atoms with van der Waals surface area (Å²) in [4.78, 5) is 4.70. The Morgan fingerprint density at radius 2 is 2.15 bits per heavy atom. The first kappa shape index (κ1) is 13.5. The van der Waals surface area contributed by atoms with Gasteiger partial charge >= 0.3 is 0 Å². The molecule has 1 aliphatic rings. The quantitative estimate of drug-likeness (QED) is 0.927. The van der Waals surface area contributed by atoms with Gasteiger partial charge in [-0.2, -0.15) is 0 Å². The van der Waals surface area contributed by atoms with E-state index in [9.17, 15) is 0 Å². The summed E-state index contributed by atoms with van der Waals surface area (Å²) >= 11 is 5.99. The second kappa shape index (κ2) is 5.88. The lowest BCUT2D eigenvalue weighted by Gasteiger charge is -2.15. The Kier molecular flexibility index (Phi) is 3.97. The highest BCUT2D eigenvalue weighted by molar-refractivity contribution is 6.30. The maximum Gasteiger partial charge on any atom is 0.106 e. The fourth-order valence-electron chi connectivity index (χ4n) is 2.94. The molecule has 2 aromatic rings. The SMILES string of the molecule is Cc1nc2c(n1CCNc1cccc(Cl)c1)CCCC2. The summed E-state index contributed by atoms with van der Waals surface area (Å²) in [7, 11) is 0. The lowest BCUT2D eigenvalue weighted by molar-refractivity contribution is 0.606. The van der Waals surface area contributed by atoms with Gasteiger partial charge < -0.3 is 9.88 Å².